The Morgan fingerprint density at radius 3 is 2.18 bits per heavy atom. The summed E-state index contributed by atoms with van der Waals surface area (Å²) in [5, 5.41) is -2.05. The highest BCUT2D eigenvalue weighted by molar-refractivity contribution is 7.18. The molecule has 11 heavy (non-hydrogen) atoms. The van der Waals surface area contributed by atoms with Crippen molar-refractivity contribution in [2.75, 3.05) is 6.67 Å². The van der Waals surface area contributed by atoms with Gasteiger partial charge in [0.15, 0.2) is 11.1 Å². The van der Waals surface area contributed by atoms with Gasteiger partial charge in [-0.15, -0.1) is 0 Å². The van der Waals surface area contributed by atoms with E-state index in [1.807, 2.05) is 0 Å². The first-order valence-electron chi connectivity index (χ1n) is 3.64. The van der Waals surface area contributed by atoms with E-state index < -0.39 is 17.8 Å². The molecule has 0 radical (unpaired) electrons. The van der Waals surface area contributed by atoms with Gasteiger partial charge >= 0.3 is 0 Å². The van der Waals surface area contributed by atoms with Crippen molar-refractivity contribution in [1.29, 1.82) is 0 Å². The van der Waals surface area contributed by atoms with Crippen molar-refractivity contribution in [3.8, 4) is 0 Å². The topological polar surface area (TPSA) is 0 Å². The average Bonchev–Trinajstić information content (AvgIpc) is 2.03. The molecule has 4 atom stereocenters. The zero-order valence-electron chi connectivity index (χ0n) is 6.41. The predicted molar refractivity (Wildman–Crippen MR) is 41.8 cm³/mol. The normalized spacial score (nSPS) is 51.5. The first kappa shape index (κ1) is 9.31. The molecular weight excluding hydrogens is 172 g/mol. The van der Waals surface area contributed by atoms with Crippen LogP contribution in [0.4, 0.5) is 13.2 Å². The van der Waals surface area contributed by atoms with E-state index >= 15 is 0 Å². The molecule has 1 aliphatic carbocycles. The van der Waals surface area contributed by atoms with E-state index in [4.69, 9.17) is 0 Å². The number of halogens is 3. The molecule has 0 heterocycles. The Balaban J connectivity index is 2.81. The lowest BCUT2D eigenvalue weighted by Gasteiger charge is -2.26. The summed E-state index contributed by atoms with van der Waals surface area (Å²) in [5.74, 6) is -0.0711. The van der Waals surface area contributed by atoms with Crippen LogP contribution in [0.3, 0.4) is 0 Å². The number of rotatable bonds is 1. The van der Waals surface area contributed by atoms with Gasteiger partial charge in [-0.1, -0.05) is 16.2 Å². The molecule has 0 aliphatic heterocycles. The van der Waals surface area contributed by atoms with Crippen LogP contribution < -0.4 is 0 Å². The lowest BCUT2D eigenvalue weighted by atomic mass is 10.0. The number of alkyl halides is 3. The maximum absolute atomic E-state index is 13.3. The highest BCUT2D eigenvalue weighted by atomic mass is 31.0. The van der Waals surface area contributed by atoms with Crippen LogP contribution in [0.1, 0.15) is 19.8 Å². The van der Waals surface area contributed by atoms with Crippen LogP contribution in [0.2, 0.25) is 0 Å². The van der Waals surface area contributed by atoms with Crippen LogP contribution in [0.15, 0.2) is 0 Å². The van der Waals surface area contributed by atoms with Crippen molar-refractivity contribution < 1.29 is 13.2 Å². The molecule has 0 aromatic carbocycles. The van der Waals surface area contributed by atoms with Crippen molar-refractivity contribution in [1.82, 2.24) is 0 Å². The summed E-state index contributed by atoms with van der Waals surface area (Å²) in [5.41, 5.74) is -2.27. The summed E-state index contributed by atoms with van der Waals surface area (Å²) in [6.45, 7) is 0.507. The van der Waals surface area contributed by atoms with Gasteiger partial charge in [-0.05, 0) is 18.8 Å². The molecule has 0 bridgehead atoms. The summed E-state index contributed by atoms with van der Waals surface area (Å²) in [6, 6.07) is 0. The van der Waals surface area contributed by atoms with E-state index in [2.05, 4.69) is 0 Å². The average molecular weight is 184 g/mol. The van der Waals surface area contributed by atoms with Crippen LogP contribution in [-0.2, 0) is 0 Å². The van der Waals surface area contributed by atoms with Crippen molar-refractivity contribution in [2.45, 2.75) is 30.8 Å². The zero-order valence-corrected chi connectivity index (χ0v) is 7.56. The molecule has 1 saturated carbocycles. The molecule has 0 amide bonds. The minimum absolute atomic E-state index is 0.0104. The summed E-state index contributed by atoms with van der Waals surface area (Å²) >= 11 is 0. The third kappa shape index (κ3) is 1.40. The third-order valence-electron chi connectivity index (χ3n) is 2.27. The quantitative estimate of drug-likeness (QED) is 0.549. The highest BCUT2D eigenvalue weighted by Gasteiger charge is 2.56. The number of hydrogen-bond donors (Lipinski definition) is 0. The van der Waals surface area contributed by atoms with E-state index in [1.165, 1.54) is 0 Å². The maximum Gasteiger partial charge on any atom is 0.176 e. The molecule has 66 valence electrons. The fourth-order valence-corrected chi connectivity index (χ4v) is 2.25. The standard InChI is InChI=1S/C7H12F3P/c1-5-2-6(9,4-8)7(10,11)3-5/h5H,2-4,11H2,1H3. The Kier molecular flexibility index (Phi) is 2.21. The Labute approximate surface area is 66.7 Å². The Morgan fingerprint density at radius 2 is 2.00 bits per heavy atom. The van der Waals surface area contributed by atoms with E-state index in [9.17, 15) is 13.2 Å². The zero-order chi connectivity index (χ0) is 8.70. The van der Waals surface area contributed by atoms with Crippen LogP contribution >= 0.6 is 9.24 Å². The van der Waals surface area contributed by atoms with Crippen molar-refractivity contribution in [2.24, 2.45) is 5.92 Å². The smallest absolute Gasteiger partial charge is 0.176 e. The SMILES string of the molecule is CC1CC(F)(P)C(F)(CF)C1. The Hall–Kier alpha value is 0.220. The fourth-order valence-electron chi connectivity index (χ4n) is 1.65. The van der Waals surface area contributed by atoms with Crippen molar-refractivity contribution in [3.05, 3.63) is 0 Å². The molecular formula is C7H12F3P. The van der Waals surface area contributed by atoms with Gasteiger partial charge in [0.05, 0.1) is 0 Å². The monoisotopic (exact) mass is 184 g/mol. The van der Waals surface area contributed by atoms with Crippen LogP contribution in [0, 0.1) is 5.92 Å². The van der Waals surface area contributed by atoms with Gasteiger partial charge in [0, 0.05) is 0 Å². The van der Waals surface area contributed by atoms with Crippen LogP contribution in [0.25, 0.3) is 0 Å². The highest BCUT2D eigenvalue weighted by Crippen LogP contribution is 2.52. The second-order valence-electron chi connectivity index (χ2n) is 3.47. The van der Waals surface area contributed by atoms with Crippen molar-refractivity contribution >= 4 is 9.24 Å². The molecule has 1 aliphatic rings. The second kappa shape index (κ2) is 2.62. The summed E-state index contributed by atoms with van der Waals surface area (Å²) in [4.78, 5) is 0. The lowest BCUT2D eigenvalue weighted by molar-refractivity contribution is 0.0284. The molecule has 0 saturated heterocycles. The van der Waals surface area contributed by atoms with E-state index in [-0.39, 0.29) is 18.8 Å². The van der Waals surface area contributed by atoms with Gasteiger partial charge in [0.1, 0.15) is 6.67 Å². The second-order valence-corrected chi connectivity index (χ2v) is 4.39. The van der Waals surface area contributed by atoms with E-state index in [0.717, 1.165) is 0 Å². The maximum atomic E-state index is 13.3. The van der Waals surface area contributed by atoms with Crippen LogP contribution in [0.5, 0.6) is 0 Å². The first-order valence-corrected chi connectivity index (χ1v) is 4.22. The predicted octanol–water partition coefficient (Wildman–Crippen LogP) is 2.64. The fraction of sp³-hybridized carbons (Fsp3) is 1.00. The molecule has 1 rings (SSSR count). The molecule has 1 fully saturated rings. The van der Waals surface area contributed by atoms with Crippen LogP contribution in [-0.4, -0.2) is 17.8 Å². The van der Waals surface area contributed by atoms with Gasteiger partial charge in [-0.3, -0.25) is 0 Å². The molecule has 0 nitrogen and oxygen atoms in total. The van der Waals surface area contributed by atoms with Crippen molar-refractivity contribution in [3.63, 3.8) is 0 Å². The molecule has 0 aromatic heterocycles. The first-order chi connectivity index (χ1) is 4.91. The molecule has 0 spiro atoms. The molecule has 0 aromatic rings. The summed E-state index contributed by atoms with van der Waals surface area (Å²) < 4.78 is 38.7. The molecule has 0 N–H and O–H groups in total. The van der Waals surface area contributed by atoms with Gasteiger partial charge in [-0.2, -0.15) is 0 Å². The van der Waals surface area contributed by atoms with Gasteiger partial charge < -0.3 is 0 Å². The van der Waals surface area contributed by atoms with Gasteiger partial charge in [0.25, 0.3) is 0 Å². The third-order valence-corrected chi connectivity index (χ3v) is 3.03. The largest absolute Gasteiger partial charge is 0.247 e. The number of hydrogen-bond acceptors (Lipinski definition) is 0. The Morgan fingerprint density at radius 1 is 1.45 bits per heavy atom. The summed E-state index contributed by atoms with van der Waals surface area (Å²) in [6.07, 6.45) is 0.0849. The minimum atomic E-state index is -2.27. The Bertz CT molecular complexity index is 160. The van der Waals surface area contributed by atoms with Gasteiger partial charge in [0.2, 0.25) is 0 Å². The summed E-state index contributed by atoms with van der Waals surface area (Å²) in [7, 11) is 1.79. The molecule has 4 unspecified atom stereocenters. The lowest BCUT2D eigenvalue weighted by Crippen LogP contribution is -2.39. The van der Waals surface area contributed by atoms with E-state index in [0.29, 0.717) is 0 Å². The minimum Gasteiger partial charge on any atom is -0.247 e. The van der Waals surface area contributed by atoms with Gasteiger partial charge in [-0.25, -0.2) is 13.2 Å². The molecule has 4 heteroatoms. The van der Waals surface area contributed by atoms with E-state index in [1.54, 1.807) is 16.2 Å².